The number of nitrogens with zero attached hydrogens (tertiary/aromatic N) is 5. The average Bonchev–Trinajstić information content (AvgIpc) is 2.74. The molecule has 0 aliphatic carbocycles. The van der Waals surface area contributed by atoms with Crippen molar-refractivity contribution in [3.05, 3.63) is 24.5 Å². The Bertz CT molecular complexity index is 841. The number of amides is 1. The van der Waals surface area contributed by atoms with Crippen molar-refractivity contribution in [3.8, 4) is 11.8 Å². The molecule has 1 aliphatic heterocycles. The van der Waals surface area contributed by atoms with E-state index in [1.165, 1.54) is 11.2 Å². The van der Waals surface area contributed by atoms with Crippen molar-refractivity contribution < 1.29 is 19.4 Å². The molecule has 0 unspecified atom stereocenters. The third kappa shape index (κ3) is 5.15. The van der Waals surface area contributed by atoms with E-state index in [4.69, 9.17) is 14.6 Å². The zero-order valence-electron chi connectivity index (χ0n) is 16.8. The van der Waals surface area contributed by atoms with Gasteiger partial charge in [0.1, 0.15) is 23.7 Å². The van der Waals surface area contributed by atoms with E-state index in [9.17, 15) is 4.79 Å². The number of methoxy groups -OCH3 is 2. The number of carboxylic acid groups (broad SMARTS) is 1. The summed E-state index contributed by atoms with van der Waals surface area (Å²) in [4.78, 5) is 27.5. The third-order valence-electron chi connectivity index (χ3n) is 4.96. The summed E-state index contributed by atoms with van der Waals surface area (Å²) in [5.74, 6) is 2.69. The summed E-state index contributed by atoms with van der Waals surface area (Å²) in [6.07, 6.45) is 2.36. The number of hydrogen-bond acceptors (Lipinski definition) is 8. The molecule has 10 heteroatoms. The number of nitrogens with one attached hydrogen (secondary N) is 1. The molecule has 29 heavy (non-hydrogen) atoms. The van der Waals surface area contributed by atoms with Crippen molar-refractivity contribution >= 4 is 23.4 Å². The Labute approximate surface area is 169 Å². The Balaban J connectivity index is 1.64. The van der Waals surface area contributed by atoms with Gasteiger partial charge in [-0.2, -0.15) is 4.98 Å². The fraction of sp³-hybridized carbons (Fsp3) is 0.474. The molecular formula is C19H26N6O4. The van der Waals surface area contributed by atoms with Gasteiger partial charge in [0.25, 0.3) is 0 Å². The van der Waals surface area contributed by atoms with Gasteiger partial charge in [-0.3, -0.25) is 0 Å². The van der Waals surface area contributed by atoms with Crippen LogP contribution in [0.3, 0.4) is 0 Å². The van der Waals surface area contributed by atoms with Gasteiger partial charge in [0.2, 0.25) is 11.8 Å². The maximum Gasteiger partial charge on any atom is 0.407 e. The van der Waals surface area contributed by atoms with Gasteiger partial charge >= 0.3 is 6.09 Å². The van der Waals surface area contributed by atoms with Crippen LogP contribution < -0.4 is 19.7 Å². The quantitative estimate of drug-likeness (QED) is 0.721. The summed E-state index contributed by atoms with van der Waals surface area (Å²) in [5.41, 5.74) is 0.668. The van der Waals surface area contributed by atoms with Crippen molar-refractivity contribution in [1.29, 1.82) is 0 Å². The van der Waals surface area contributed by atoms with Gasteiger partial charge < -0.3 is 29.7 Å². The summed E-state index contributed by atoms with van der Waals surface area (Å²) < 4.78 is 10.4. The maximum atomic E-state index is 11.0. The minimum absolute atomic E-state index is 0.406. The number of ether oxygens (including phenoxy) is 2. The first kappa shape index (κ1) is 20.4. The second-order valence-electron chi connectivity index (χ2n) is 6.89. The van der Waals surface area contributed by atoms with Crippen molar-refractivity contribution in [2.24, 2.45) is 5.92 Å². The topological polar surface area (TPSA) is 113 Å². The molecule has 0 saturated carbocycles. The van der Waals surface area contributed by atoms with Crippen LogP contribution >= 0.6 is 0 Å². The van der Waals surface area contributed by atoms with Crippen LogP contribution in [0.5, 0.6) is 11.8 Å². The molecule has 1 saturated heterocycles. The normalized spacial score (nSPS) is 14.4. The van der Waals surface area contributed by atoms with E-state index >= 15 is 0 Å². The number of rotatable bonds is 7. The van der Waals surface area contributed by atoms with E-state index in [-0.39, 0.29) is 0 Å². The van der Waals surface area contributed by atoms with Crippen LogP contribution in [-0.2, 0) is 0 Å². The lowest BCUT2D eigenvalue weighted by atomic mass is 9.96. The van der Waals surface area contributed by atoms with Gasteiger partial charge in [-0.15, -0.1) is 0 Å². The summed E-state index contributed by atoms with van der Waals surface area (Å²) in [6, 6.07) is 5.41. The SMILES string of the molecule is COc1ccc(Nc2cc(N(C)CC3CCN(C(=O)O)CC3)ncn2)c(OC)n1. The molecule has 1 fully saturated rings. The maximum absolute atomic E-state index is 11.0. The molecule has 0 aromatic carbocycles. The molecule has 0 spiro atoms. The van der Waals surface area contributed by atoms with E-state index in [2.05, 4.69) is 25.2 Å². The molecule has 3 heterocycles. The van der Waals surface area contributed by atoms with Gasteiger partial charge in [-0.25, -0.2) is 14.8 Å². The fourth-order valence-corrected chi connectivity index (χ4v) is 3.34. The second kappa shape index (κ2) is 9.26. The number of anilines is 3. The first-order valence-electron chi connectivity index (χ1n) is 9.37. The van der Waals surface area contributed by atoms with E-state index in [0.29, 0.717) is 42.3 Å². The van der Waals surface area contributed by atoms with Gasteiger partial charge in [0.05, 0.1) is 14.2 Å². The molecule has 0 atom stereocenters. The highest BCUT2D eigenvalue weighted by atomic mass is 16.5. The molecule has 0 radical (unpaired) electrons. The second-order valence-corrected chi connectivity index (χ2v) is 6.89. The van der Waals surface area contributed by atoms with Crippen LogP contribution in [0.25, 0.3) is 0 Å². The highest BCUT2D eigenvalue weighted by Crippen LogP contribution is 2.28. The molecule has 1 aliphatic rings. The first-order valence-corrected chi connectivity index (χ1v) is 9.37. The number of pyridine rings is 1. The minimum atomic E-state index is -0.841. The molecule has 156 valence electrons. The fourth-order valence-electron chi connectivity index (χ4n) is 3.34. The standard InChI is InChI=1S/C19H26N6O4/c1-24(11-13-6-8-25(9-7-13)19(26)27)16-10-15(20-12-21-16)22-14-4-5-17(28-2)23-18(14)29-3/h4-5,10,12-13H,6-9,11H2,1-3H3,(H,26,27)(H,20,21,22). The van der Waals surface area contributed by atoms with Crippen LogP contribution in [0.15, 0.2) is 24.5 Å². The van der Waals surface area contributed by atoms with Gasteiger partial charge in [0.15, 0.2) is 0 Å². The molecule has 10 nitrogen and oxygen atoms in total. The molecule has 2 N–H and O–H groups in total. The predicted octanol–water partition coefficient (Wildman–Crippen LogP) is 2.46. The lowest BCUT2D eigenvalue weighted by Crippen LogP contribution is -2.40. The van der Waals surface area contributed by atoms with E-state index in [1.54, 1.807) is 20.3 Å². The van der Waals surface area contributed by atoms with Crippen LogP contribution in [0.4, 0.5) is 22.1 Å². The number of piperidine rings is 1. The van der Waals surface area contributed by atoms with Crippen molar-refractivity contribution in [3.63, 3.8) is 0 Å². The third-order valence-corrected chi connectivity index (χ3v) is 4.96. The van der Waals surface area contributed by atoms with Crippen LogP contribution in [-0.4, -0.2) is 72.0 Å². The monoisotopic (exact) mass is 402 g/mol. The molecule has 2 aromatic heterocycles. The van der Waals surface area contributed by atoms with E-state index in [0.717, 1.165) is 25.2 Å². The lowest BCUT2D eigenvalue weighted by molar-refractivity contribution is 0.125. The highest BCUT2D eigenvalue weighted by molar-refractivity contribution is 5.65. The number of likely N-dealkylation sites (tertiary alicyclic amines) is 1. The van der Waals surface area contributed by atoms with Gasteiger partial charge in [0, 0.05) is 38.8 Å². The number of aromatic nitrogens is 3. The Kier molecular flexibility index (Phi) is 6.53. The average molecular weight is 402 g/mol. The summed E-state index contributed by atoms with van der Waals surface area (Å²) >= 11 is 0. The minimum Gasteiger partial charge on any atom is -0.481 e. The summed E-state index contributed by atoms with van der Waals surface area (Å²) in [5, 5.41) is 12.3. The zero-order valence-corrected chi connectivity index (χ0v) is 16.8. The highest BCUT2D eigenvalue weighted by Gasteiger charge is 2.23. The summed E-state index contributed by atoms with van der Waals surface area (Å²) in [6.45, 7) is 1.96. The number of hydrogen-bond donors (Lipinski definition) is 2. The van der Waals surface area contributed by atoms with Crippen molar-refractivity contribution in [1.82, 2.24) is 19.9 Å². The smallest absolute Gasteiger partial charge is 0.407 e. The number of carbonyl (C=O) groups is 1. The van der Waals surface area contributed by atoms with Crippen LogP contribution in [0.2, 0.25) is 0 Å². The Morgan fingerprint density at radius 2 is 2.03 bits per heavy atom. The van der Waals surface area contributed by atoms with Gasteiger partial charge in [-0.1, -0.05) is 0 Å². The van der Waals surface area contributed by atoms with Gasteiger partial charge in [-0.05, 0) is 24.8 Å². The zero-order chi connectivity index (χ0) is 20.8. The largest absolute Gasteiger partial charge is 0.481 e. The van der Waals surface area contributed by atoms with Crippen LogP contribution in [0.1, 0.15) is 12.8 Å². The Morgan fingerprint density at radius 3 is 2.69 bits per heavy atom. The van der Waals surface area contributed by atoms with Crippen molar-refractivity contribution in [2.75, 3.05) is 51.1 Å². The molecule has 3 rings (SSSR count). The Hall–Kier alpha value is -3.30. The lowest BCUT2D eigenvalue weighted by Gasteiger charge is -2.32. The molecule has 2 aromatic rings. The van der Waals surface area contributed by atoms with E-state index < -0.39 is 6.09 Å². The molecular weight excluding hydrogens is 376 g/mol. The molecule has 1 amide bonds. The predicted molar refractivity (Wildman–Crippen MR) is 108 cm³/mol. The summed E-state index contributed by atoms with van der Waals surface area (Å²) in [7, 11) is 5.07. The molecule has 0 bridgehead atoms. The van der Waals surface area contributed by atoms with Crippen LogP contribution in [0, 0.1) is 5.92 Å². The Morgan fingerprint density at radius 1 is 1.28 bits per heavy atom. The van der Waals surface area contributed by atoms with Crippen molar-refractivity contribution in [2.45, 2.75) is 12.8 Å². The van der Waals surface area contributed by atoms with E-state index in [1.807, 2.05) is 19.2 Å². The first-order chi connectivity index (χ1) is 14.0.